The fourth-order valence-corrected chi connectivity index (χ4v) is 3.74. The van der Waals surface area contributed by atoms with E-state index in [0.29, 0.717) is 37.4 Å². The Balaban J connectivity index is 1.20. The largest absolute Gasteiger partial charge is 0.486 e. The lowest BCUT2D eigenvalue weighted by Gasteiger charge is -2.35. The fourth-order valence-electron chi connectivity index (χ4n) is 3.74. The van der Waals surface area contributed by atoms with Gasteiger partial charge in [0.05, 0.1) is 6.20 Å². The molecule has 0 aliphatic carbocycles. The highest BCUT2D eigenvalue weighted by Crippen LogP contribution is 2.31. The SMILES string of the molecule is O=C(c1ccc2oncc2c1)N1CCN(Cc2ccc3c(c2)OCCO3)CC1. The summed E-state index contributed by atoms with van der Waals surface area (Å²) in [5.74, 6) is 1.69. The lowest BCUT2D eigenvalue weighted by molar-refractivity contribution is 0.0628. The van der Waals surface area contributed by atoms with Crippen molar-refractivity contribution in [1.29, 1.82) is 0 Å². The molecule has 0 radical (unpaired) electrons. The molecule has 1 amide bonds. The molecule has 3 aromatic rings. The molecule has 7 nitrogen and oxygen atoms in total. The molecule has 1 saturated heterocycles. The Bertz CT molecular complexity index is 1010. The van der Waals surface area contributed by atoms with Gasteiger partial charge in [0.1, 0.15) is 13.2 Å². The van der Waals surface area contributed by atoms with Crippen LogP contribution < -0.4 is 9.47 Å². The van der Waals surface area contributed by atoms with Crippen LogP contribution in [0.3, 0.4) is 0 Å². The van der Waals surface area contributed by atoms with Crippen LogP contribution in [0.1, 0.15) is 15.9 Å². The molecule has 2 aromatic carbocycles. The van der Waals surface area contributed by atoms with Gasteiger partial charge in [-0.05, 0) is 35.9 Å². The maximum atomic E-state index is 12.8. The highest BCUT2D eigenvalue weighted by molar-refractivity contribution is 5.97. The number of rotatable bonds is 3. The van der Waals surface area contributed by atoms with Crippen molar-refractivity contribution in [2.24, 2.45) is 0 Å². The Labute approximate surface area is 162 Å². The van der Waals surface area contributed by atoms with E-state index in [1.807, 2.05) is 17.0 Å². The van der Waals surface area contributed by atoms with Gasteiger partial charge in [0.25, 0.3) is 5.91 Å². The molecule has 7 heteroatoms. The molecule has 2 aliphatic heterocycles. The van der Waals surface area contributed by atoms with Crippen molar-refractivity contribution < 1.29 is 18.8 Å². The van der Waals surface area contributed by atoms with E-state index in [1.165, 1.54) is 5.56 Å². The second-order valence-corrected chi connectivity index (χ2v) is 7.12. The molecular formula is C21H21N3O4. The van der Waals surface area contributed by atoms with E-state index in [9.17, 15) is 4.79 Å². The Hall–Kier alpha value is -3.06. The fraction of sp³-hybridized carbons (Fsp3) is 0.333. The maximum absolute atomic E-state index is 12.8. The summed E-state index contributed by atoms with van der Waals surface area (Å²) in [6.45, 7) is 5.15. The average molecular weight is 379 g/mol. The van der Waals surface area contributed by atoms with E-state index in [0.717, 1.165) is 36.5 Å². The molecule has 28 heavy (non-hydrogen) atoms. The second kappa shape index (κ2) is 7.16. The molecule has 0 saturated carbocycles. The molecule has 144 valence electrons. The Kier molecular flexibility index (Phi) is 4.37. The van der Waals surface area contributed by atoms with Gasteiger partial charge in [-0.1, -0.05) is 11.2 Å². The van der Waals surface area contributed by atoms with Crippen LogP contribution >= 0.6 is 0 Å². The van der Waals surface area contributed by atoms with Crippen molar-refractivity contribution in [3.63, 3.8) is 0 Å². The smallest absolute Gasteiger partial charge is 0.253 e. The lowest BCUT2D eigenvalue weighted by atomic mass is 10.1. The topological polar surface area (TPSA) is 68.0 Å². The van der Waals surface area contributed by atoms with E-state index in [4.69, 9.17) is 14.0 Å². The molecule has 0 bridgehead atoms. The van der Waals surface area contributed by atoms with Gasteiger partial charge in [0.2, 0.25) is 0 Å². The summed E-state index contributed by atoms with van der Waals surface area (Å²) in [6.07, 6.45) is 1.64. The van der Waals surface area contributed by atoms with Crippen LogP contribution in [0.4, 0.5) is 0 Å². The molecule has 1 aromatic heterocycles. The van der Waals surface area contributed by atoms with Gasteiger partial charge < -0.3 is 18.9 Å². The molecule has 0 unspecified atom stereocenters. The molecule has 5 rings (SSSR count). The molecule has 2 aliphatic rings. The molecular weight excluding hydrogens is 358 g/mol. The molecule has 0 spiro atoms. The molecule has 1 fully saturated rings. The average Bonchev–Trinajstić information content (AvgIpc) is 3.21. The summed E-state index contributed by atoms with van der Waals surface area (Å²) in [4.78, 5) is 17.1. The van der Waals surface area contributed by atoms with Gasteiger partial charge in [-0.3, -0.25) is 9.69 Å². The van der Waals surface area contributed by atoms with Gasteiger partial charge in [-0.2, -0.15) is 0 Å². The highest BCUT2D eigenvalue weighted by Gasteiger charge is 2.23. The van der Waals surface area contributed by atoms with Crippen molar-refractivity contribution in [2.45, 2.75) is 6.54 Å². The first-order chi connectivity index (χ1) is 13.8. The third kappa shape index (κ3) is 3.29. The number of hydrogen-bond acceptors (Lipinski definition) is 6. The van der Waals surface area contributed by atoms with Gasteiger partial charge in [0, 0.05) is 43.7 Å². The summed E-state index contributed by atoms with van der Waals surface area (Å²) in [5.41, 5.74) is 2.57. The minimum atomic E-state index is 0.0575. The number of hydrogen-bond donors (Lipinski definition) is 0. The van der Waals surface area contributed by atoms with Crippen LogP contribution in [0.25, 0.3) is 11.0 Å². The normalized spacial score (nSPS) is 17.1. The second-order valence-electron chi connectivity index (χ2n) is 7.12. The standard InChI is InChI=1S/C21H21N3O4/c25-21(16-2-4-18-17(12-16)13-22-28-18)24-7-5-23(6-8-24)14-15-1-3-19-20(11-15)27-10-9-26-19/h1-4,11-13H,5-10,14H2. The van der Waals surface area contributed by atoms with Crippen molar-refractivity contribution >= 4 is 16.9 Å². The zero-order valence-corrected chi connectivity index (χ0v) is 15.5. The predicted octanol–water partition coefficient (Wildman–Crippen LogP) is 2.56. The number of aromatic nitrogens is 1. The maximum Gasteiger partial charge on any atom is 0.253 e. The van der Waals surface area contributed by atoms with Crippen LogP contribution in [-0.4, -0.2) is 60.3 Å². The van der Waals surface area contributed by atoms with E-state index in [2.05, 4.69) is 22.2 Å². The third-order valence-electron chi connectivity index (χ3n) is 5.27. The van der Waals surface area contributed by atoms with Crippen molar-refractivity contribution in [2.75, 3.05) is 39.4 Å². The van der Waals surface area contributed by atoms with Gasteiger partial charge in [-0.25, -0.2) is 0 Å². The summed E-state index contributed by atoms with van der Waals surface area (Å²) >= 11 is 0. The lowest BCUT2D eigenvalue weighted by Crippen LogP contribution is -2.48. The van der Waals surface area contributed by atoms with Crippen LogP contribution in [-0.2, 0) is 6.54 Å². The van der Waals surface area contributed by atoms with E-state index in [1.54, 1.807) is 18.3 Å². The first-order valence-electron chi connectivity index (χ1n) is 9.51. The number of benzene rings is 2. The number of piperazine rings is 1. The van der Waals surface area contributed by atoms with E-state index >= 15 is 0 Å². The van der Waals surface area contributed by atoms with Crippen LogP contribution in [0.5, 0.6) is 11.5 Å². The van der Waals surface area contributed by atoms with Crippen LogP contribution in [0, 0.1) is 0 Å². The zero-order chi connectivity index (χ0) is 18.9. The van der Waals surface area contributed by atoms with Gasteiger partial charge in [-0.15, -0.1) is 0 Å². The van der Waals surface area contributed by atoms with Crippen LogP contribution in [0.15, 0.2) is 47.1 Å². The predicted molar refractivity (Wildman–Crippen MR) is 103 cm³/mol. The van der Waals surface area contributed by atoms with Crippen LogP contribution in [0.2, 0.25) is 0 Å². The number of carbonyl (C=O) groups is 1. The quantitative estimate of drug-likeness (QED) is 0.697. The Morgan fingerprint density at radius 3 is 2.64 bits per heavy atom. The number of amides is 1. The summed E-state index contributed by atoms with van der Waals surface area (Å²) < 4.78 is 16.4. The number of carbonyl (C=O) groups excluding carboxylic acids is 1. The first kappa shape index (κ1) is 17.1. The number of fused-ring (bicyclic) bond motifs is 2. The van der Waals surface area contributed by atoms with Gasteiger partial charge in [0.15, 0.2) is 17.1 Å². The van der Waals surface area contributed by atoms with E-state index in [-0.39, 0.29) is 5.91 Å². The molecule has 0 atom stereocenters. The summed E-state index contributed by atoms with van der Waals surface area (Å²) in [6, 6.07) is 11.6. The van der Waals surface area contributed by atoms with Crippen molar-refractivity contribution in [1.82, 2.24) is 15.0 Å². The van der Waals surface area contributed by atoms with Crippen molar-refractivity contribution in [3.05, 3.63) is 53.7 Å². The summed E-state index contributed by atoms with van der Waals surface area (Å²) in [5, 5.41) is 4.62. The monoisotopic (exact) mass is 379 g/mol. The first-order valence-corrected chi connectivity index (χ1v) is 9.51. The zero-order valence-electron chi connectivity index (χ0n) is 15.5. The Morgan fingerprint density at radius 2 is 1.79 bits per heavy atom. The minimum Gasteiger partial charge on any atom is -0.486 e. The third-order valence-corrected chi connectivity index (χ3v) is 5.27. The van der Waals surface area contributed by atoms with Gasteiger partial charge >= 0.3 is 0 Å². The highest BCUT2D eigenvalue weighted by atomic mass is 16.6. The van der Waals surface area contributed by atoms with Crippen molar-refractivity contribution in [3.8, 4) is 11.5 Å². The summed E-state index contributed by atoms with van der Waals surface area (Å²) in [7, 11) is 0. The van der Waals surface area contributed by atoms with E-state index < -0.39 is 0 Å². The minimum absolute atomic E-state index is 0.0575. The Morgan fingerprint density at radius 1 is 0.964 bits per heavy atom. The number of ether oxygens (including phenoxy) is 2. The molecule has 3 heterocycles. The number of nitrogens with zero attached hydrogens (tertiary/aromatic N) is 3. The molecule has 0 N–H and O–H groups in total.